The van der Waals surface area contributed by atoms with Gasteiger partial charge in [-0.15, -0.1) is 0 Å². The standard InChI is InChI=1S/C20H28O3/c1-13-6-9-16-19(2,3)10-5-11-20(16,4)15(13)8-7-14-12-17(21)23-18(14)22/h7-8,12,15-16,18,22H,1,5-6,9-11H2,2-4H3/b8-7+/t15-,16-,18+,20+/m0/s1. The third-order valence-electron chi connectivity index (χ3n) is 6.46. The van der Waals surface area contributed by atoms with Gasteiger partial charge >= 0.3 is 5.97 Å². The lowest BCUT2D eigenvalue weighted by Crippen LogP contribution is -2.48. The molecule has 3 heteroatoms. The monoisotopic (exact) mass is 316 g/mol. The second-order valence-corrected chi connectivity index (χ2v) is 8.37. The highest BCUT2D eigenvalue weighted by Crippen LogP contribution is 2.61. The summed E-state index contributed by atoms with van der Waals surface area (Å²) in [4.78, 5) is 11.2. The average molecular weight is 316 g/mol. The summed E-state index contributed by atoms with van der Waals surface area (Å²) in [5, 5.41) is 9.75. The van der Waals surface area contributed by atoms with Crippen LogP contribution in [0.1, 0.15) is 52.9 Å². The summed E-state index contributed by atoms with van der Waals surface area (Å²) in [6, 6.07) is 0. The number of hydrogen-bond donors (Lipinski definition) is 1. The third-order valence-corrected chi connectivity index (χ3v) is 6.46. The van der Waals surface area contributed by atoms with Gasteiger partial charge in [-0.05, 0) is 42.4 Å². The predicted octanol–water partition coefficient (Wildman–Crippen LogP) is 4.14. The van der Waals surface area contributed by atoms with Gasteiger partial charge in [-0.25, -0.2) is 4.79 Å². The maximum absolute atomic E-state index is 11.2. The van der Waals surface area contributed by atoms with E-state index in [4.69, 9.17) is 4.74 Å². The van der Waals surface area contributed by atoms with E-state index in [1.807, 2.05) is 6.08 Å². The molecule has 0 bridgehead atoms. The van der Waals surface area contributed by atoms with Gasteiger partial charge in [0.05, 0.1) is 0 Å². The van der Waals surface area contributed by atoms with Crippen molar-refractivity contribution in [3.05, 3.63) is 36.0 Å². The molecule has 0 aromatic rings. The number of fused-ring (bicyclic) bond motifs is 1. The lowest BCUT2D eigenvalue weighted by molar-refractivity contribution is -0.150. The fraction of sp³-hybridized carbons (Fsp3) is 0.650. The SMILES string of the molecule is C=C1CC[C@H]2C(C)(C)CCC[C@]2(C)[C@H]1/C=C/C1=CC(=O)O[C@H]1O. The van der Waals surface area contributed by atoms with Crippen LogP contribution < -0.4 is 0 Å². The fourth-order valence-electron chi connectivity index (χ4n) is 5.32. The van der Waals surface area contributed by atoms with Crippen molar-refractivity contribution in [3.8, 4) is 0 Å². The number of aliphatic hydroxyl groups excluding tert-OH is 1. The number of carbonyl (C=O) groups excluding carboxylic acids is 1. The van der Waals surface area contributed by atoms with Gasteiger partial charge in [0.25, 0.3) is 0 Å². The Kier molecular flexibility index (Phi) is 4.04. The van der Waals surface area contributed by atoms with Gasteiger partial charge in [0.15, 0.2) is 0 Å². The van der Waals surface area contributed by atoms with Crippen LogP contribution in [-0.4, -0.2) is 17.4 Å². The van der Waals surface area contributed by atoms with E-state index >= 15 is 0 Å². The Balaban J connectivity index is 1.89. The van der Waals surface area contributed by atoms with Crippen molar-refractivity contribution in [3.63, 3.8) is 0 Å². The molecule has 0 radical (unpaired) electrons. The number of esters is 1. The van der Waals surface area contributed by atoms with E-state index < -0.39 is 12.3 Å². The Labute approximate surface area is 139 Å². The van der Waals surface area contributed by atoms with Crippen molar-refractivity contribution < 1.29 is 14.6 Å². The molecule has 3 aliphatic rings. The Bertz CT molecular complexity index is 584. The zero-order chi connectivity index (χ0) is 16.8. The highest BCUT2D eigenvalue weighted by molar-refractivity contribution is 5.86. The van der Waals surface area contributed by atoms with Crippen LogP contribution in [0.15, 0.2) is 36.0 Å². The molecule has 2 aliphatic carbocycles. The molecule has 2 fully saturated rings. The van der Waals surface area contributed by atoms with Crippen LogP contribution in [0.4, 0.5) is 0 Å². The summed E-state index contributed by atoms with van der Waals surface area (Å²) >= 11 is 0. The minimum absolute atomic E-state index is 0.211. The molecule has 1 N–H and O–H groups in total. The van der Waals surface area contributed by atoms with E-state index in [0.29, 0.717) is 22.8 Å². The number of allylic oxidation sites excluding steroid dienone is 2. The van der Waals surface area contributed by atoms with E-state index in [1.54, 1.807) is 0 Å². The third kappa shape index (κ3) is 2.80. The van der Waals surface area contributed by atoms with Gasteiger partial charge in [0.2, 0.25) is 6.29 Å². The molecule has 0 saturated heterocycles. The van der Waals surface area contributed by atoms with Crippen molar-refractivity contribution in [2.24, 2.45) is 22.7 Å². The van der Waals surface area contributed by atoms with E-state index in [-0.39, 0.29) is 5.41 Å². The fourth-order valence-corrected chi connectivity index (χ4v) is 5.32. The minimum atomic E-state index is -1.12. The maximum Gasteiger partial charge on any atom is 0.333 e. The normalized spacial score (nSPS) is 40.0. The molecule has 0 aromatic heterocycles. The van der Waals surface area contributed by atoms with E-state index in [2.05, 4.69) is 33.4 Å². The van der Waals surface area contributed by atoms with E-state index in [0.717, 1.165) is 6.42 Å². The lowest BCUT2D eigenvalue weighted by Gasteiger charge is -2.57. The van der Waals surface area contributed by atoms with Crippen LogP contribution in [0.3, 0.4) is 0 Å². The van der Waals surface area contributed by atoms with E-state index in [1.165, 1.54) is 37.3 Å². The first kappa shape index (κ1) is 16.5. The summed E-state index contributed by atoms with van der Waals surface area (Å²) in [5.74, 6) is 0.511. The molecule has 4 atom stereocenters. The quantitative estimate of drug-likeness (QED) is 0.615. The summed E-state index contributed by atoms with van der Waals surface area (Å²) in [6.07, 6.45) is 10.3. The largest absolute Gasteiger partial charge is 0.428 e. The van der Waals surface area contributed by atoms with Crippen molar-refractivity contribution in [2.75, 3.05) is 0 Å². The minimum Gasteiger partial charge on any atom is -0.428 e. The Morgan fingerprint density at radius 1 is 1.35 bits per heavy atom. The molecule has 1 heterocycles. The molecule has 0 spiro atoms. The number of hydrogen-bond acceptors (Lipinski definition) is 3. The summed E-state index contributed by atoms with van der Waals surface area (Å²) in [5.41, 5.74) is 2.40. The Morgan fingerprint density at radius 3 is 2.74 bits per heavy atom. The highest BCUT2D eigenvalue weighted by Gasteiger charge is 2.52. The molecule has 0 unspecified atom stereocenters. The number of carbonyl (C=O) groups is 1. The zero-order valence-corrected chi connectivity index (χ0v) is 14.5. The van der Waals surface area contributed by atoms with Crippen molar-refractivity contribution in [1.82, 2.24) is 0 Å². The second kappa shape index (κ2) is 5.62. The van der Waals surface area contributed by atoms with Gasteiger partial charge in [-0.3, -0.25) is 0 Å². The Hall–Kier alpha value is -1.35. The van der Waals surface area contributed by atoms with Crippen molar-refractivity contribution in [1.29, 1.82) is 0 Å². The first-order valence-electron chi connectivity index (χ1n) is 8.70. The van der Waals surface area contributed by atoms with Gasteiger partial charge in [-0.1, -0.05) is 51.5 Å². The number of aliphatic hydroxyl groups is 1. The average Bonchev–Trinajstić information content (AvgIpc) is 2.75. The first-order chi connectivity index (χ1) is 10.7. The molecule has 126 valence electrons. The van der Waals surface area contributed by atoms with E-state index in [9.17, 15) is 9.90 Å². The molecule has 3 nitrogen and oxygen atoms in total. The molecule has 2 saturated carbocycles. The van der Waals surface area contributed by atoms with Crippen LogP contribution in [0.25, 0.3) is 0 Å². The van der Waals surface area contributed by atoms with Crippen LogP contribution >= 0.6 is 0 Å². The first-order valence-corrected chi connectivity index (χ1v) is 8.70. The van der Waals surface area contributed by atoms with Gasteiger partial charge in [0.1, 0.15) is 0 Å². The number of ether oxygens (including phenoxy) is 1. The summed E-state index contributed by atoms with van der Waals surface area (Å²) in [7, 11) is 0. The summed E-state index contributed by atoms with van der Waals surface area (Å²) in [6.45, 7) is 11.5. The lowest BCUT2D eigenvalue weighted by atomic mass is 9.47. The molecule has 0 aromatic carbocycles. The molecule has 23 heavy (non-hydrogen) atoms. The van der Waals surface area contributed by atoms with Crippen LogP contribution in [0, 0.1) is 22.7 Å². The second-order valence-electron chi connectivity index (χ2n) is 8.37. The van der Waals surface area contributed by atoms with Crippen molar-refractivity contribution in [2.45, 2.75) is 59.2 Å². The van der Waals surface area contributed by atoms with Crippen LogP contribution in [-0.2, 0) is 9.53 Å². The zero-order valence-electron chi connectivity index (χ0n) is 14.5. The van der Waals surface area contributed by atoms with Crippen molar-refractivity contribution >= 4 is 5.97 Å². The maximum atomic E-state index is 11.2. The topological polar surface area (TPSA) is 46.5 Å². The molecular weight excluding hydrogens is 288 g/mol. The molecule has 0 amide bonds. The predicted molar refractivity (Wildman–Crippen MR) is 90.4 cm³/mol. The number of rotatable bonds is 2. The highest BCUT2D eigenvalue weighted by atomic mass is 16.6. The summed E-state index contributed by atoms with van der Waals surface area (Å²) < 4.78 is 4.76. The Morgan fingerprint density at radius 2 is 2.09 bits per heavy atom. The van der Waals surface area contributed by atoms with Crippen LogP contribution in [0.2, 0.25) is 0 Å². The van der Waals surface area contributed by atoms with Gasteiger partial charge in [0, 0.05) is 17.6 Å². The van der Waals surface area contributed by atoms with Crippen LogP contribution in [0.5, 0.6) is 0 Å². The molecule has 1 aliphatic heterocycles. The number of cyclic esters (lactones) is 1. The van der Waals surface area contributed by atoms with Gasteiger partial charge in [-0.2, -0.15) is 0 Å². The molecule has 3 rings (SSSR count). The van der Waals surface area contributed by atoms with Gasteiger partial charge < -0.3 is 9.84 Å². The molecular formula is C20H28O3. The smallest absolute Gasteiger partial charge is 0.333 e.